The highest BCUT2D eigenvalue weighted by atomic mass is 35.5. The van der Waals surface area contributed by atoms with E-state index in [0.29, 0.717) is 24.5 Å². The normalized spacial score (nSPS) is 16.5. The van der Waals surface area contributed by atoms with E-state index in [1.807, 2.05) is 24.3 Å². The number of nitrogens with one attached hydrogen (secondary N) is 1. The Balaban J connectivity index is 1.19. The van der Waals surface area contributed by atoms with Crippen LogP contribution in [-0.2, 0) is 4.74 Å². The number of para-hydroxylation sites is 1. The molecule has 1 aromatic heterocycles. The molecule has 5 rings (SSSR count). The number of aryl methyl sites for hydroxylation is 1. The van der Waals surface area contributed by atoms with E-state index in [0.717, 1.165) is 50.3 Å². The molecule has 0 unspecified atom stereocenters. The molecule has 8 heteroatoms. The Morgan fingerprint density at radius 1 is 1.14 bits per heavy atom. The van der Waals surface area contributed by atoms with E-state index in [1.54, 1.807) is 6.20 Å². The van der Waals surface area contributed by atoms with Crippen molar-refractivity contribution in [2.24, 2.45) is 0 Å². The average Bonchev–Trinajstić information content (AvgIpc) is 2.92. The van der Waals surface area contributed by atoms with Gasteiger partial charge in [0.1, 0.15) is 16.9 Å². The van der Waals surface area contributed by atoms with Crippen molar-refractivity contribution >= 4 is 23.0 Å². The zero-order valence-electron chi connectivity index (χ0n) is 20.5. The Bertz CT molecular complexity index is 1280. The van der Waals surface area contributed by atoms with Crippen LogP contribution in [0.2, 0.25) is 5.02 Å². The second-order valence-corrected chi connectivity index (χ2v) is 9.61. The summed E-state index contributed by atoms with van der Waals surface area (Å²) in [7, 11) is 0. The smallest absolute Gasteiger partial charge is 0.292 e. The number of halogens is 1. The van der Waals surface area contributed by atoms with Crippen molar-refractivity contribution in [2.45, 2.75) is 32.3 Å². The SMILES string of the molecule is Cc1ccccc1N1CCC(Oc2ccc(-n3ncc(NCC4=CCCOC4)c(Cl)c3=O)cc2)CC1. The number of piperidine rings is 1. The highest BCUT2D eigenvalue weighted by Crippen LogP contribution is 2.26. The standard InChI is InChI=1S/C28H31ClN4O3/c1-20-5-2-3-7-26(20)32-14-12-24(13-15-32)36-23-10-8-22(9-11-23)33-28(34)27(29)25(18-31-33)30-17-21-6-4-16-35-19-21/h2-3,5-11,18,24,30H,4,12-17,19H2,1H3. The lowest BCUT2D eigenvalue weighted by molar-refractivity contribution is 0.150. The van der Waals surface area contributed by atoms with Crippen LogP contribution in [0.4, 0.5) is 11.4 Å². The van der Waals surface area contributed by atoms with Gasteiger partial charge in [-0.25, -0.2) is 0 Å². The van der Waals surface area contributed by atoms with Gasteiger partial charge in [-0.05, 0) is 54.8 Å². The maximum Gasteiger partial charge on any atom is 0.292 e. The van der Waals surface area contributed by atoms with E-state index >= 15 is 0 Å². The molecule has 3 heterocycles. The van der Waals surface area contributed by atoms with E-state index in [2.05, 4.69) is 52.6 Å². The molecule has 0 spiro atoms. The van der Waals surface area contributed by atoms with Crippen molar-refractivity contribution in [3.63, 3.8) is 0 Å². The fourth-order valence-electron chi connectivity index (χ4n) is 4.67. The molecule has 1 saturated heterocycles. The molecule has 2 aromatic carbocycles. The number of ether oxygens (including phenoxy) is 2. The first-order chi connectivity index (χ1) is 17.6. The molecule has 1 fully saturated rings. The fraction of sp³-hybridized carbons (Fsp3) is 0.357. The largest absolute Gasteiger partial charge is 0.490 e. The monoisotopic (exact) mass is 506 g/mol. The van der Waals surface area contributed by atoms with Gasteiger partial charge in [0.25, 0.3) is 5.56 Å². The molecule has 0 aliphatic carbocycles. The zero-order valence-corrected chi connectivity index (χ0v) is 21.2. The van der Waals surface area contributed by atoms with Crippen molar-refractivity contribution < 1.29 is 9.47 Å². The Kier molecular flexibility index (Phi) is 7.58. The van der Waals surface area contributed by atoms with Crippen LogP contribution in [0.25, 0.3) is 5.69 Å². The molecule has 0 saturated carbocycles. The molecule has 188 valence electrons. The van der Waals surface area contributed by atoms with Gasteiger partial charge in [-0.2, -0.15) is 9.78 Å². The average molecular weight is 507 g/mol. The number of benzene rings is 2. The van der Waals surface area contributed by atoms with Crippen LogP contribution in [0, 0.1) is 6.92 Å². The Labute approximate surface area is 216 Å². The first-order valence-corrected chi connectivity index (χ1v) is 12.8. The molecule has 7 nitrogen and oxygen atoms in total. The molecule has 2 aliphatic heterocycles. The van der Waals surface area contributed by atoms with Crippen LogP contribution >= 0.6 is 11.6 Å². The summed E-state index contributed by atoms with van der Waals surface area (Å²) in [5, 5.41) is 7.63. The molecule has 0 radical (unpaired) electrons. The van der Waals surface area contributed by atoms with Crippen molar-refractivity contribution in [3.8, 4) is 11.4 Å². The third-order valence-corrected chi connectivity index (χ3v) is 7.05. The number of nitrogens with zero attached hydrogens (tertiary/aromatic N) is 3. The second-order valence-electron chi connectivity index (χ2n) is 9.23. The number of rotatable bonds is 7. The van der Waals surface area contributed by atoms with E-state index in [4.69, 9.17) is 21.1 Å². The molecule has 1 N–H and O–H groups in total. The number of aromatic nitrogens is 2. The summed E-state index contributed by atoms with van der Waals surface area (Å²) in [5.74, 6) is 0.786. The summed E-state index contributed by atoms with van der Waals surface area (Å²) in [5.41, 5.74) is 4.53. The van der Waals surface area contributed by atoms with E-state index in [-0.39, 0.29) is 16.7 Å². The van der Waals surface area contributed by atoms with Gasteiger partial charge in [-0.1, -0.05) is 35.9 Å². The highest BCUT2D eigenvalue weighted by molar-refractivity contribution is 6.32. The quantitative estimate of drug-likeness (QED) is 0.455. The zero-order chi connectivity index (χ0) is 24.9. The Morgan fingerprint density at radius 3 is 2.64 bits per heavy atom. The van der Waals surface area contributed by atoms with Gasteiger partial charge < -0.3 is 19.7 Å². The second kappa shape index (κ2) is 11.2. The summed E-state index contributed by atoms with van der Waals surface area (Å²) in [6.07, 6.45) is 6.73. The van der Waals surface area contributed by atoms with Gasteiger partial charge in [-0.3, -0.25) is 4.79 Å². The van der Waals surface area contributed by atoms with Crippen molar-refractivity contribution in [2.75, 3.05) is 43.1 Å². The minimum Gasteiger partial charge on any atom is -0.490 e. The van der Waals surface area contributed by atoms with Crippen LogP contribution in [-0.4, -0.2) is 48.7 Å². The van der Waals surface area contributed by atoms with Crippen LogP contribution in [0.3, 0.4) is 0 Å². The van der Waals surface area contributed by atoms with Gasteiger partial charge in [-0.15, -0.1) is 0 Å². The van der Waals surface area contributed by atoms with E-state index in [9.17, 15) is 4.79 Å². The first-order valence-electron chi connectivity index (χ1n) is 12.4. The van der Waals surface area contributed by atoms with Gasteiger partial charge in [0.2, 0.25) is 0 Å². The highest BCUT2D eigenvalue weighted by Gasteiger charge is 2.21. The van der Waals surface area contributed by atoms with E-state index in [1.165, 1.54) is 15.9 Å². The summed E-state index contributed by atoms with van der Waals surface area (Å²) in [4.78, 5) is 15.3. The number of hydrogen-bond acceptors (Lipinski definition) is 6. The molecule has 3 aromatic rings. The predicted octanol–water partition coefficient (Wildman–Crippen LogP) is 5.00. The van der Waals surface area contributed by atoms with Crippen LogP contribution in [0.1, 0.15) is 24.8 Å². The third-order valence-electron chi connectivity index (χ3n) is 6.69. The maximum absolute atomic E-state index is 12.9. The Hall–Kier alpha value is -3.29. The first kappa shape index (κ1) is 24.4. The third kappa shape index (κ3) is 5.58. The van der Waals surface area contributed by atoms with Gasteiger partial charge >= 0.3 is 0 Å². The van der Waals surface area contributed by atoms with Crippen LogP contribution < -0.4 is 20.5 Å². The minimum absolute atomic E-state index is 0.114. The molecule has 0 amide bonds. The van der Waals surface area contributed by atoms with E-state index < -0.39 is 0 Å². The lowest BCUT2D eigenvalue weighted by Crippen LogP contribution is -2.38. The summed E-state index contributed by atoms with van der Waals surface area (Å²) < 4.78 is 13.0. The molecule has 36 heavy (non-hydrogen) atoms. The number of anilines is 2. The summed E-state index contributed by atoms with van der Waals surface area (Å²) in [6, 6.07) is 15.9. The summed E-state index contributed by atoms with van der Waals surface area (Å²) in [6.45, 7) is 6.00. The fourth-order valence-corrected chi connectivity index (χ4v) is 4.87. The van der Waals surface area contributed by atoms with Crippen molar-refractivity contribution in [1.29, 1.82) is 0 Å². The maximum atomic E-state index is 12.9. The lowest BCUT2D eigenvalue weighted by Gasteiger charge is -2.34. The molecule has 2 aliphatic rings. The predicted molar refractivity (Wildman–Crippen MR) is 144 cm³/mol. The minimum atomic E-state index is -0.368. The lowest BCUT2D eigenvalue weighted by atomic mass is 10.1. The van der Waals surface area contributed by atoms with Gasteiger partial charge in [0, 0.05) is 38.2 Å². The van der Waals surface area contributed by atoms with Gasteiger partial charge in [0.15, 0.2) is 0 Å². The molecule has 0 atom stereocenters. The molecular formula is C28H31ClN4O3. The van der Waals surface area contributed by atoms with Crippen molar-refractivity contribution in [1.82, 2.24) is 9.78 Å². The summed E-state index contributed by atoms with van der Waals surface area (Å²) >= 11 is 6.38. The molecular weight excluding hydrogens is 476 g/mol. The molecule has 0 bridgehead atoms. The topological polar surface area (TPSA) is 68.6 Å². The van der Waals surface area contributed by atoms with Gasteiger partial charge in [0.05, 0.1) is 30.8 Å². The van der Waals surface area contributed by atoms with Crippen LogP contribution in [0.5, 0.6) is 5.75 Å². The van der Waals surface area contributed by atoms with Crippen LogP contribution in [0.15, 0.2) is 71.2 Å². The Morgan fingerprint density at radius 2 is 1.92 bits per heavy atom. The van der Waals surface area contributed by atoms with Crippen molar-refractivity contribution in [3.05, 3.63) is 87.3 Å². The number of hydrogen-bond donors (Lipinski definition) is 1.